The van der Waals surface area contributed by atoms with Gasteiger partial charge in [-0.15, -0.1) is 0 Å². The molecule has 0 aliphatic carbocycles. The molecule has 2 rings (SSSR count). The Hall–Kier alpha value is -1.97. The number of aliphatic hydroxyl groups is 3. The number of aromatic hydroxyl groups is 1. The molecule has 24 heavy (non-hydrogen) atoms. The van der Waals surface area contributed by atoms with Crippen LogP contribution in [0, 0.1) is 0 Å². The molecule has 132 valence electrons. The molecule has 8 nitrogen and oxygen atoms in total. The Morgan fingerprint density at radius 1 is 1.17 bits per heavy atom. The van der Waals surface area contributed by atoms with E-state index in [2.05, 4.69) is 0 Å². The highest BCUT2D eigenvalue weighted by Gasteiger charge is 2.44. The van der Waals surface area contributed by atoms with Crippen LogP contribution in [0.2, 0.25) is 0 Å². The SMILES string of the molecule is CO[C@@H]1O[C@H](COC(=O)/C=C/c2ccc(O)cc2)[C@@H](O)[C@H](O)[C@H]1O. The van der Waals surface area contributed by atoms with Crippen molar-refractivity contribution in [3.8, 4) is 5.75 Å². The van der Waals surface area contributed by atoms with Crippen LogP contribution >= 0.6 is 0 Å². The van der Waals surface area contributed by atoms with Crippen LogP contribution in [0.15, 0.2) is 30.3 Å². The second-order valence-electron chi connectivity index (χ2n) is 5.31. The lowest BCUT2D eigenvalue weighted by Gasteiger charge is -2.39. The summed E-state index contributed by atoms with van der Waals surface area (Å²) in [4.78, 5) is 11.7. The van der Waals surface area contributed by atoms with Crippen LogP contribution in [-0.4, -0.2) is 70.8 Å². The highest BCUT2D eigenvalue weighted by atomic mass is 16.7. The molecular formula is C16H20O8. The lowest BCUT2D eigenvalue weighted by Crippen LogP contribution is -2.59. The maximum Gasteiger partial charge on any atom is 0.330 e. The quantitative estimate of drug-likeness (QED) is 0.414. The van der Waals surface area contributed by atoms with Gasteiger partial charge in [-0.3, -0.25) is 0 Å². The van der Waals surface area contributed by atoms with Crippen molar-refractivity contribution in [2.24, 2.45) is 0 Å². The van der Waals surface area contributed by atoms with E-state index in [4.69, 9.17) is 19.3 Å². The summed E-state index contributed by atoms with van der Waals surface area (Å²) in [5.74, 6) is -0.556. The molecule has 0 aromatic heterocycles. The van der Waals surface area contributed by atoms with Crippen molar-refractivity contribution in [1.29, 1.82) is 0 Å². The molecule has 1 aromatic carbocycles. The first kappa shape index (κ1) is 18.4. The number of esters is 1. The number of phenols is 1. The van der Waals surface area contributed by atoms with Crippen molar-refractivity contribution >= 4 is 12.0 Å². The summed E-state index contributed by atoms with van der Waals surface area (Å²) in [6.45, 7) is -0.316. The Morgan fingerprint density at radius 3 is 2.46 bits per heavy atom. The van der Waals surface area contributed by atoms with Crippen molar-refractivity contribution in [2.45, 2.75) is 30.7 Å². The number of phenolic OH excluding ortho intramolecular Hbond substituents is 1. The van der Waals surface area contributed by atoms with Crippen LogP contribution in [0.4, 0.5) is 0 Å². The summed E-state index contributed by atoms with van der Waals surface area (Å²) >= 11 is 0. The molecule has 0 unspecified atom stereocenters. The van der Waals surface area contributed by atoms with E-state index in [1.54, 1.807) is 12.1 Å². The van der Waals surface area contributed by atoms with Gasteiger partial charge in [0.15, 0.2) is 6.29 Å². The van der Waals surface area contributed by atoms with Gasteiger partial charge in [0.25, 0.3) is 0 Å². The highest BCUT2D eigenvalue weighted by Crippen LogP contribution is 2.22. The predicted octanol–water partition coefficient (Wildman–Crippen LogP) is -0.597. The molecule has 0 saturated carbocycles. The number of carbonyl (C=O) groups is 1. The average Bonchev–Trinajstić information content (AvgIpc) is 2.58. The van der Waals surface area contributed by atoms with Gasteiger partial charge < -0.3 is 34.6 Å². The number of rotatable bonds is 5. The molecule has 1 aromatic rings. The van der Waals surface area contributed by atoms with Crippen molar-refractivity contribution in [2.75, 3.05) is 13.7 Å². The Balaban J connectivity index is 1.87. The molecule has 0 spiro atoms. The van der Waals surface area contributed by atoms with Crippen LogP contribution in [0.25, 0.3) is 6.08 Å². The zero-order valence-electron chi connectivity index (χ0n) is 13.0. The first-order valence-electron chi connectivity index (χ1n) is 7.28. The smallest absolute Gasteiger partial charge is 0.330 e. The molecule has 1 aliphatic rings. The van der Waals surface area contributed by atoms with Crippen LogP contribution in [0.3, 0.4) is 0 Å². The monoisotopic (exact) mass is 340 g/mol. The van der Waals surface area contributed by atoms with Crippen LogP contribution < -0.4 is 0 Å². The van der Waals surface area contributed by atoms with Gasteiger partial charge in [0.1, 0.15) is 36.8 Å². The Bertz CT molecular complexity index is 568. The third kappa shape index (κ3) is 4.53. The van der Waals surface area contributed by atoms with Gasteiger partial charge in [-0.25, -0.2) is 4.79 Å². The van der Waals surface area contributed by atoms with Crippen LogP contribution in [0.5, 0.6) is 5.75 Å². The Labute approximate surface area is 138 Å². The van der Waals surface area contributed by atoms with Gasteiger partial charge in [0, 0.05) is 13.2 Å². The number of aliphatic hydroxyl groups excluding tert-OH is 3. The number of benzene rings is 1. The maximum atomic E-state index is 11.7. The lowest BCUT2D eigenvalue weighted by molar-refractivity contribution is -0.294. The van der Waals surface area contributed by atoms with Crippen molar-refractivity contribution < 1.29 is 39.4 Å². The van der Waals surface area contributed by atoms with E-state index in [0.29, 0.717) is 5.56 Å². The standard InChI is InChI=1S/C16H20O8/c1-22-16-15(21)14(20)13(19)11(24-16)8-23-12(18)7-4-9-2-5-10(17)6-3-9/h2-7,11,13-17,19-21H,8H2,1H3/b7-4+/t11-,13-,14+,15-,16-/m1/s1. The van der Waals surface area contributed by atoms with Crippen LogP contribution in [0.1, 0.15) is 5.56 Å². The number of ether oxygens (including phenoxy) is 3. The van der Waals surface area contributed by atoms with E-state index in [1.807, 2.05) is 0 Å². The van der Waals surface area contributed by atoms with Gasteiger partial charge in [-0.2, -0.15) is 0 Å². The second-order valence-corrected chi connectivity index (χ2v) is 5.31. The van der Waals surface area contributed by atoms with E-state index in [-0.39, 0.29) is 12.4 Å². The zero-order valence-corrected chi connectivity index (χ0v) is 13.0. The van der Waals surface area contributed by atoms with E-state index in [9.17, 15) is 20.1 Å². The maximum absolute atomic E-state index is 11.7. The number of carbonyl (C=O) groups excluding carboxylic acids is 1. The van der Waals surface area contributed by atoms with E-state index in [1.165, 1.54) is 31.4 Å². The Kier molecular flexibility index (Phi) is 6.29. The predicted molar refractivity (Wildman–Crippen MR) is 81.8 cm³/mol. The first-order chi connectivity index (χ1) is 11.4. The molecule has 0 radical (unpaired) electrons. The fraction of sp³-hybridized carbons (Fsp3) is 0.438. The average molecular weight is 340 g/mol. The van der Waals surface area contributed by atoms with Crippen molar-refractivity contribution in [3.05, 3.63) is 35.9 Å². The van der Waals surface area contributed by atoms with Crippen LogP contribution in [-0.2, 0) is 19.0 Å². The van der Waals surface area contributed by atoms with Gasteiger partial charge in [0.2, 0.25) is 0 Å². The molecule has 8 heteroatoms. The molecule has 0 amide bonds. The second kappa shape index (κ2) is 8.22. The summed E-state index contributed by atoms with van der Waals surface area (Å²) < 4.78 is 15.1. The van der Waals surface area contributed by atoms with E-state index in [0.717, 1.165) is 0 Å². The summed E-state index contributed by atoms with van der Waals surface area (Å²) in [6.07, 6.45) is -3.76. The van der Waals surface area contributed by atoms with Crippen molar-refractivity contribution in [1.82, 2.24) is 0 Å². The molecule has 0 bridgehead atoms. The minimum atomic E-state index is -1.47. The summed E-state index contributed by atoms with van der Waals surface area (Å²) in [6, 6.07) is 6.20. The molecule has 1 fully saturated rings. The number of hydrogen-bond donors (Lipinski definition) is 4. The van der Waals surface area contributed by atoms with Gasteiger partial charge in [-0.1, -0.05) is 12.1 Å². The van der Waals surface area contributed by atoms with Gasteiger partial charge in [0.05, 0.1) is 0 Å². The summed E-state index contributed by atoms with van der Waals surface area (Å²) in [7, 11) is 1.28. The van der Waals surface area contributed by atoms with E-state index < -0.39 is 36.7 Å². The molecular weight excluding hydrogens is 320 g/mol. The first-order valence-corrected chi connectivity index (χ1v) is 7.28. The third-order valence-electron chi connectivity index (χ3n) is 3.60. The topological polar surface area (TPSA) is 126 Å². The molecule has 4 N–H and O–H groups in total. The molecule has 1 heterocycles. The lowest BCUT2D eigenvalue weighted by atomic mass is 9.99. The Morgan fingerprint density at radius 2 is 1.83 bits per heavy atom. The minimum Gasteiger partial charge on any atom is -0.508 e. The van der Waals surface area contributed by atoms with E-state index >= 15 is 0 Å². The molecule has 5 atom stereocenters. The molecule has 1 aliphatic heterocycles. The normalized spacial score (nSPS) is 30.4. The van der Waals surface area contributed by atoms with Gasteiger partial charge in [-0.05, 0) is 23.8 Å². The minimum absolute atomic E-state index is 0.117. The fourth-order valence-corrected chi connectivity index (χ4v) is 2.21. The highest BCUT2D eigenvalue weighted by molar-refractivity contribution is 5.87. The summed E-state index contributed by atoms with van der Waals surface area (Å²) in [5.41, 5.74) is 0.691. The number of methoxy groups -OCH3 is 1. The van der Waals surface area contributed by atoms with Gasteiger partial charge >= 0.3 is 5.97 Å². The zero-order chi connectivity index (χ0) is 17.7. The molecule has 1 saturated heterocycles. The largest absolute Gasteiger partial charge is 0.508 e. The van der Waals surface area contributed by atoms with Crippen molar-refractivity contribution in [3.63, 3.8) is 0 Å². The summed E-state index contributed by atoms with van der Waals surface area (Å²) in [5, 5.41) is 38.4. The third-order valence-corrected chi connectivity index (χ3v) is 3.60. The number of hydrogen-bond acceptors (Lipinski definition) is 8. The fourth-order valence-electron chi connectivity index (χ4n) is 2.21.